The first-order chi connectivity index (χ1) is 6.96. The topological polar surface area (TPSA) is 72.2 Å². The van der Waals surface area contributed by atoms with Crippen molar-refractivity contribution in [1.82, 2.24) is 0 Å². The van der Waals surface area contributed by atoms with Crippen molar-refractivity contribution in [3.05, 3.63) is 28.2 Å². The van der Waals surface area contributed by atoms with E-state index in [1.807, 2.05) is 13.0 Å². The average Bonchev–Trinajstić information content (AvgIpc) is 2.12. The van der Waals surface area contributed by atoms with E-state index in [1.54, 1.807) is 12.1 Å². The summed E-state index contributed by atoms with van der Waals surface area (Å²) in [5.41, 5.74) is 6.73. The van der Waals surface area contributed by atoms with Crippen LogP contribution in [0.2, 0.25) is 0 Å². The van der Waals surface area contributed by atoms with Gasteiger partial charge in [-0.15, -0.1) is 0 Å². The van der Waals surface area contributed by atoms with E-state index in [0.29, 0.717) is 5.69 Å². The number of aryl methyl sites for hydroxylation is 1. The van der Waals surface area contributed by atoms with Crippen molar-refractivity contribution < 1.29 is 8.42 Å². The number of nitrogens with two attached hydrogens (primary N) is 1. The van der Waals surface area contributed by atoms with Crippen LogP contribution in [0.1, 0.15) is 5.56 Å². The molecule has 0 saturated carbocycles. The first-order valence-electron chi connectivity index (χ1n) is 4.42. The maximum Gasteiger partial charge on any atom is 0.234 e. The summed E-state index contributed by atoms with van der Waals surface area (Å²) in [6.07, 6.45) is 0. The Kier molecular flexibility index (Phi) is 4.12. The molecule has 15 heavy (non-hydrogen) atoms. The summed E-state index contributed by atoms with van der Waals surface area (Å²) in [4.78, 5) is 0. The number of benzene rings is 1. The molecule has 0 aliphatic rings. The molecule has 1 aromatic carbocycles. The van der Waals surface area contributed by atoms with Gasteiger partial charge in [-0.3, -0.25) is 4.72 Å². The molecule has 4 nitrogen and oxygen atoms in total. The van der Waals surface area contributed by atoms with E-state index in [2.05, 4.69) is 20.7 Å². The minimum Gasteiger partial charge on any atom is -0.329 e. The fraction of sp³-hybridized carbons (Fsp3) is 0.333. The predicted molar refractivity (Wildman–Crippen MR) is 65.3 cm³/mol. The summed E-state index contributed by atoms with van der Waals surface area (Å²) in [6.45, 7) is 2.00. The molecule has 0 bridgehead atoms. The van der Waals surface area contributed by atoms with Gasteiger partial charge >= 0.3 is 0 Å². The third-order valence-electron chi connectivity index (χ3n) is 1.84. The molecule has 0 radical (unpaired) electrons. The van der Waals surface area contributed by atoms with Gasteiger partial charge < -0.3 is 5.73 Å². The Morgan fingerprint density at radius 1 is 1.47 bits per heavy atom. The van der Waals surface area contributed by atoms with E-state index < -0.39 is 10.0 Å². The highest BCUT2D eigenvalue weighted by Crippen LogP contribution is 2.26. The van der Waals surface area contributed by atoms with Gasteiger partial charge in [0.25, 0.3) is 0 Å². The third kappa shape index (κ3) is 3.48. The van der Waals surface area contributed by atoms with Crippen molar-refractivity contribution in [1.29, 1.82) is 0 Å². The highest BCUT2D eigenvalue weighted by molar-refractivity contribution is 9.10. The van der Waals surface area contributed by atoms with Crippen molar-refractivity contribution in [2.45, 2.75) is 6.92 Å². The van der Waals surface area contributed by atoms with Crippen LogP contribution in [0.3, 0.4) is 0 Å². The maximum absolute atomic E-state index is 11.5. The Bertz CT molecular complexity index is 445. The monoisotopic (exact) mass is 292 g/mol. The number of sulfonamides is 1. The lowest BCUT2D eigenvalue weighted by Crippen LogP contribution is -2.22. The Balaban J connectivity index is 2.95. The molecule has 0 aliphatic heterocycles. The number of anilines is 1. The van der Waals surface area contributed by atoms with Gasteiger partial charge in [0.1, 0.15) is 0 Å². The van der Waals surface area contributed by atoms with Crippen molar-refractivity contribution in [2.75, 3.05) is 17.0 Å². The smallest absolute Gasteiger partial charge is 0.234 e. The van der Waals surface area contributed by atoms with E-state index in [1.165, 1.54) is 0 Å². The molecule has 0 fully saturated rings. The van der Waals surface area contributed by atoms with E-state index in [4.69, 9.17) is 5.73 Å². The third-order valence-corrected chi connectivity index (χ3v) is 4.20. The summed E-state index contributed by atoms with van der Waals surface area (Å²) >= 11 is 3.33. The van der Waals surface area contributed by atoms with E-state index in [9.17, 15) is 8.42 Å². The standard InChI is InChI=1S/C9H13BrN2O2S/c1-7-3-2-4-8(9(7)10)12-15(13,14)6-5-11/h2-4,12H,5-6,11H2,1H3. The van der Waals surface area contributed by atoms with Gasteiger partial charge in [0, 0.05) is 11.0 Å². The van der Waals surface area contributed by atoms with Crippen LogP contribution >= 0.6 is 15.9 Å². The van der Waals surface area contributed by atoms with Crippen molar-refractivity contribution in [3.63, 3.8) is 0 Å². The average molecular weight is 293 g/mol. The molecular formula is C9H13BrN2O2S. The second-order valence-corrected chi connectivity index (χ2v) is 5.78. The van der Waals surface area contributed by atoms with Gasteiger partial charge in [-0.25, -0.2) is 8.42 Å². The second-order valence-electron chi connectivity index (χ2n) is 3.15. The van der Waals surface area contributed by atoms with E-state index in [0.717, 1.165) is 10.0 Å². The molecule has 1 aromatic rings. The molecule has 6 heteroatoms. The molecule has 0 aliphatic carbocycles. The maximum atomic E-state index is 11.5. The Labute approximate surface area is 98.0 Å². The van der Waals surface area contributed by atoms with Crippen LogP contribution < -0.4 is 10.5 Å². The van der Waals surface area contributed by atoms with Gasteiger partial charge in [0.2, 0.25) is 10.0 Å². The number of rotatable bonds is 4. The molecule has 0 heterocycles. The molecule has 0 saturated heterocycles. The second kappa shape index (κ2) is 4.96. The van der Waals surface area contributed by atoms with Crippen LogP contribution in [0.4, 0.5) is 5.69 Å². The van der Waals surface area contributed by atoms with Crippen molar-refractivity contribution in [3.8, 4) is 0 Å². The molecule has 3 N–H and O–H groups in total. The lowest BCUT2D eigenvalue weighted by Gasteiger charge is -2.10. The number of halogens is 1. The Morgan fingerprint density at radius 2 is 2.13 bits per heavy atom. The number of nitrogens with one attached hydrogen (secondary N) is 1. The largest absolute Gasteiger partial charge is 0.329 e. The molecular weight excluding hydrogens is 280 g/mol. The Hall–Kier alpha value is -0.590. The molecule has 0 unspecified atom stereocenters. The zero-order chi connectivity index (χ0) is 11.5. The molecule has 1 rings (SSSR count). The zero-order valence-corrected chi connectivity index (χ0v) is 10.7. The van der Waals surface area contributed by atoms with Crippen LogP contribution in [-0.4, -0.2) is 20.7 Å². The molecule has 0 aromatic heterocycles. The van der Waals surface area contributed by atoms with Crippen molar-refractivity contribution in [2.24, 2.45) is 5.73 Å². The zero-order valence-electron chi connectivity index (χ0n) is 8.33. The van der Waals surface area contributed by atoms with Crippen LogP contribution in [0.15, 0.2) is 22.7 Å². The fourth-order valence-electron chi connectivity index (χ4n) is 1.10. The Morgan fingerprint density at radius 3 is 2.73 bits per heavy atom. The summed E-state index contributed by atoms with van der Waals surface area (Å²) in [5, 5.41) is 0. The highest BCUT2D eigenvalue weighted by Gasteiger charge is 2.11. The molecule has 84 valence electrons. The van der Waals surface area contributed by atoms with Gasteiger partial charge in [-0.1, -0.05) is 12.1 Å². The van der Waals surface area contributed by atoms with Crippen LogP contribution in [0.25, 0.3) is 0 Å². The highest BCUT2D eigenvalue weighted by atomic mass is 79.9. The number of hydrogen-bond donors (Lipinski definition) is 2. The number of hydrogen-bond acceptors (Lipinski definition) is 3. The minimum absolute atomic E-state index is 0.0760. The van der Waals surface area contributed by atoms with Crippen LogP contribution in [-0.2, 0) is 10.0 Å². The van der Waals surface area contributed by atoms with Gasteiger partial charge in [-0.2, -0.15) is 0 Å². The van der Waals surface area contributed by atoms with Gasteiger partial charge in [-0.05, 0) is 34.5 Å². The van der Waals surface area contributed by atoms with E-state index in [-0.39, 0.29) is 12.3 Å². The first kappa shape index (κ1) is 12.5. The fourth-order valence-corrected chi connectivity index (χ4v) is 2.51. The summed E-state index contributed by atoms with van der Waals surface area (Å²) in [6, 6.07) is 5.39. The normalized spacial score (nSPS) is 11.4. The minimum atomic E-state index is -3.33. The first-order valence-corrected chi connectivity index (χ1v) is 6.86. The summed E-state index contributed by atoms with van der Waals surface area (Å²) in [5.74, 6) is -0.0760. The summed E-state index contributed by atoms with van der Waals surface area (Å²) < 4.78 is 26.1. The van der Waals surface area contributed by atoms with E-state index >= 15 is 0 Å². The molecule has 0 spiro atoms. The summed E-state index contributed by atoms with van der Waals surface area (Å²) in [7, 11) is -3.33. The SMILES string of the molecule is Cc1cccc(NS(=O)(=O)CCN)c1Br. The van der Waals surface area contributed by atoms with Crippen LogP contribution in [0.5, 0.6) is 0 Å². The quantitative estimate of drug-likeness (QED) is 0.882. The predicted octanol–water partition coefficient (Wildman–Crippen LogP) is 1.46. The lowest BCUT2D eigenvalue weighted by atomic mass is 10.2. The molecule has 0 amide bonds. The van der Waals surface area contributed by atoms with Gasteiger partial charge in [0.15, 0.2) is 0 Å². The van der Waals surface area contributed by atoms with Crippen molar-refractivity contribution >= 4 is 31.6 Å². The van der Waals surface area contributed by atoms with Crippen LogP contribution in [0, 0.1) is 6.92 Å². The lowest BCUT2D eigenvalue weighted by molar-refractivity contribution is 0.601. The molecule has 0 atom stereocenters. The van der Waals surface area contributed by atoms with Gasteiger partial charge in [0.05, 0.1) is 11.4 Å².